The van der Waals surface area contributed by atoms with Gasteiger partial charge >= 0.3 is 0 Å². The summed E-state index contributed by atoms with van der Waals surface area (Å²) in [7, 11) is 0. The van der Waals surface area contributed by atoms with E-state index in [2.05, 4.69) is 27.2 Å². The number of carbonyl (C=O) groups excluding carboxylic acids is 1. The van der Waals surface area contributed by atoms with E-state index in [9.17, 15) is 4.79 Å². The normalized spacial score (nSPS) is 13.9. The molecule has 0 aliphatic carbocycles. The molecule has 0 radical (unpaired) electrons. The molecule has 0 spiro atoms. The first-order valence-electron chi connectivity index (χ1n) is 10.4. The molecule has 2 aromatic heterocycles. The zero-order valence-corrected chi connectivity index (χ0v) is 17.1. The maximum absolute atomic E-state index is 12.9. The summed E-state index contributed by atoms with van der Waals surface area (Å²) in [6.45, 7) is 2.82. The lowest BCUT2D eigenvalue weighted by atomic mass is 10.0. The van der Waals surface area contributed by atoms with Gasteiger partial charge in [0.2, 0.25) is 0 Å². The second kappa shape index (κ2) is 8.44. The van der Waals surface area contributed by atoms with E-state index in [0.717, 1.165) is 41.4 Å². The van der Waals surface area contributed by atoms with Crippen molar-refractivity contribution in [3.05, 3.63) is 96.8 Å². The first-order chi connectivity index (χ1) is 15.3. The van der Waals surface area contributed by atoms with Crippen LogP contribution in [0.1, 0.15) is 10.4 Å². The third-order valence-corrected chi connectivity index (χ3v) is 5.64. The van der Waals surface area contributed by atoms with Crippen molar-refractivity contribution in [2.75, 3.05) is 31.1 Å². The number of aromatic nitrogens is 3. The molecule has 1 amide bonds. The van der Waals surface area contributed by atoms with Crippen molar-refractivity contribution < 1.29 is 4.79 Å². The molecule has 0 N–H and O–H groups in total. The van der Waals surface area contributed by atoms with Gasteiger partial charge < -0.3 is 14.4 Å². The van der Waals surface area contributed by atoms with E-state index in [4.69, 9.17) is 0 Å². The number of rotatable bonds is 4. The van der Waals surface area contributed by atoms with Gasteiger partial charge in [-0.15, -0.1) is 10.2 Å². The number of amides is 1. The molecule has 1 saturated heterocycles. The number of piperazine rings is 1. The summed E-state index contributed by atoms with van der Waals surface area (Å²) < 4.78 is 1.93. The van der Waals surface area contributed by atoms with Crippen LogP contribution in [0.5, 0.6) is 0 Å². The summed E-state index contributed by atoms with van der Waals surface area (Å²) in [6, 6.07) is 25.9. The molecule has 1 aliphatic heterocycles. The first kappa shape index (κ1) is 19.1. The summed E-state index contributed by atoms with van der Waals surface area (Å²) in [4.78, 5) is 17.0. The fourth-order valence-corrected chi connectivity index (χ4v) is 3.87. The van der Waals surface area contributed by atoms with Crippen LogP contribution in [0.2, 0.25) is 0 Å². The number of benzene rings is 2. The number of hydrogen-bond donors (Lipinski definition) is 0. The Morgan fingerprint density at radius 2 is 1.26 bits per heavy atom. The van der Waals surface area contributed by atoms with Crippen molar-refractivity contribution in [3.63, 3.8) is 0 Å². The van der Waals surface area contributed by atoms with Gasteiger partial charge in [0.15, 0.2) is 11.6 Å². The van der Waals surface area contributed by atoms with Crippen LogP contribution in [0.4, 0.5) is 5.82 Å². The highest BCUT2D eigenvalue weighted by atomic mass is 16.2. The average Bonchev–Trinajstić information content (AvgIpc) is 3.40. The van der Waals surface area contributed by atoms with Gasteiger partial charge in [-0.25, -0.2) is 0 Å². The first-order valence-corrected chi connectivity index (χ1v) is 10.4. The van der Waals surface area contributed by atoms with Crippen LogP contribution >= 0.6 is 0 Å². The molecule has 31 heavy (non-hydrogen) atoms. The van der Waals surface area contributed by atoms with Gasteiger partial charge in [0.05, 0.1) is 0 Å². The molecule has 5 rings (SSSR count). The van der Waals surface area contributed by atoms with E-state index in [1.54, 1.807) is 0 Å². The molecule has 0 atom stereocenters. The Labute approximate surface area is 181 Å². The van der Waals surface area contributed by atoms with Crippen molar-refractivity contribution in [1.82, 2.24) is 19.7 Å². The largest absolute Gasteiger partial charge is 0.352 e. The number of hydrogen-bond acceptors (Lipinski definition) is 4. The number of carbonyl (C=O) groups is 1. The Bertz CT molecular complexity index is 1130. The van der Waals surface area contributed by atoms with Crippen LogP contribution in [-0.2, 0) is 0 Å². The third kappa shape index (κ3) is 4.05. The minimum Gasteiger partial charge on any atom is -0.352 e. The summed E-state index contributed by atoms with van der Waals surface area (Å²) in [5, 5.41) is 8.70. The Balaban J connectivity index is 1.21. The summed E-state index contributed by atoms with van der Waals surface area (Å²) in [6.07, 6.45) is 3.89. The maximum Gasteiger partial charge on any atom is 0.253 e. The molecule has 0 unspecified atom stereocenters. The molecule has 154 valence electrons. The molecule has 0 saturated carbocycles. The average molecular weight is 409 g/mol. The Hall–Kier alpha value is -3.93. The Morgan fingerprint density at radius 1 is 0.645 bits per heavy atom. The quantitative estimate of drug-likeness (QED) is 0.513. The molecule has 1 aliphatic rings. The second-order valence-corrected chi connectivity index (χ2v) is 7.56. The Kier molecular flexibility index (Phi) is 5.19. The van der Waals surface area contributed by atoms with Gasteiger partial charge in [-0.1, -0.05) is 42.5 Å². The summed E-state index contributed by atoms with van der Waals surface area (Å²) >= 11 is 0. The smallest absolute Gasteiger partial charge is 0.253 e. The van der Waals surface area contributed by atoms with Crippen LogP contribution in [0, 0.1) is 0 Å². The standard InChI is InChI=1S/C25H23N5O/c31-25(22-10-8-21(9-11-22)20-6-2-1-3-7-20)30-18-16-29(17-19-30)24-13-12-23(26-27-24)28-14-4-5-15-28/h1-15H,16-19H2. The highest BCUT2D eigenvalue weighted by Crippen LogP contribution is 2.21. The van der Waals surface area contributed by atoms with E-state index in [1.165, 1.54) is 0 Å². The lowest BCUT2D eigenvalue weighted by Crippen LogP contribution is -2.49. The lowest BCUT2D eigenvalue weighted by molar-refractivity contribution is 0.0746. The third-order valence-electron chi connectivity index (χ3n) is 5.64. The minimum absolute atomic E-state index is 0.0771. The van der Waals surface area contributed by atoms with Crippen LogP contribution < -0.4 is 4.90 Å². The summed E-state index contributed by atoms with van der Waals surface area (Å²) in [5.41, 5.74) is 2.99. The Morgan fingerprint density at radius 3 is 1.90 bits per heavy atom. The molecule has 4 aromatic rings. The molecule has 0 bridgehead atoms. The highest BCUT2D eigenvalue weighted by Gasteiger charge is 2.23. The number of anilines is 1. The fourth-order valence-electron chi connectivity index (χ4n) is 3.87. The van der Waals surface area contributed by atoms with Crippen molar-refractivity contribution in [1.29, 1.82) is 0 Å². The van der Waals surface area contributed by atoms with Crippen LogP contribution in [0.15, 0.2) is 91.3 Å². The van der Waals surface area contributed by atoms with Crippen molar-refractivity contribution in [3.8, 4) is 16.9 Å². The fraction of sp³-hybridized carbons (Fsp3) is 0.160. The molecule has 6 heteroatoms. The zero-order valence-electron chi connectivity index (χ0n) is 17.1. The molecule has 2 aromatic carbocycles. The molecule has 3 heterocycles. The molecular formula is C25H23N5O. The van der Waals surface area contributed by atoms with Gasteiger partial charge in [-0.2, -0.15) is 0 Å². The molecule has 1 fully saturated rings. The van der Waals surface area contributed by atoms with Gasteiger partial charge in [-0.05, 0) is 47.5 Å². The number of nitrogens with zero attached hydrogens (tertiary/aromatic N) is 5. The van der Waals surface area contributed by atoms with Crippen molar-refractivity contribution >= 4 is 11.7 Å². The monoisotopic (exact) mass is 409 g/mol. The van der Waals surface area contributed by atoms with Crippen molar-refractivity contribution in [2.45, 2.75) is 0 Å². The minimum atomic E-state index is 0.0771. The second-order valence-electron chi connectivity index (χ2n) is 7.56. The van der Waals surface area contributed by atoms with Gasteiger partial charge in [0.1, 0.15) is 0 Å². The highest BCUT2D eigenvalue weighted by molar-refractivity contribution is 5.94. The molecular weight excluding hydrogens is 386 g/mol. The van der Waals surface area contributed by atoms with Gasteiger partial charge in [0, 0.05) is 44.1 Å². The topological polar surface area (TPSA) is 54.3 Å². The lowest BCUT2D eigenvalue weighted by Gasteiger charge is -2.35. The van der Waals surface area contributed by atoms with Gasteiger partial charge in [0.25, 0.3) is 5.91 Å². The van der Waals surface area contributed by atoms with Crippen LogP contribution in [-0.4, -0.2) is 51.8 Å². The van der Waals surface area contributed by atoms with E-state index in [1.807, 2.05) is 88.6 Å². The van der Waals surface area contributed by atoms with Crippen molar-refractivity contribution in [2.24, 2.45) is 0 Å². The predicted molar refractivity (Wildman–Crippen MR) is 121 cm³/mol. The SMILES string of the molecule is O=C(c1ccc(-c2ccccc2)cc1)N1CCN(c2ccc(-n3cccc3)nn2)CC1. The van der Waals surface area contributed by atoms with E-state index in [0.29, 0.717) is 13.1 Å². The van der Waals surface area contributed by atoms with Crippen LogP contribution in [0.25, 0.3) is 16.9 Å². The molecule has 6 nitrogen and oxygen atoms in total. The zero-order chi connectivity index (χ0) is 21.0. The van der Waals surface area contributed by atoms with E-state index < -0.39 is 0 Å². The van der Waals surface area contributed by atoms with Crippen LogP contribution in [0.3, 0.4) is 0 Å². The van der Waals surface area contributed by atoms with E-state index in [-0.39, 0.29) is 5.91 Å². The maximum atomic E-state index is 12.9. The van der Waals surface area contributed by atoms with E-state index >= 15 is 0 Å². The summed E-state index contributed by atoms with van der Waals surface area (Å²) in [5.74, 6) is 1.71. The predicted octanol–water partition coefficient (Wildman–Crippen LogP) is 3.90. The van der Waals surface area contributed by atoms with Gasteiger partial charge in [-0.3, -0.25) is 4.79 Å².